The van der Waals surface area contributed by atoms with Gasteiger partial charge in [-0.3, -0.25) is 0 Å². The lowest BCUT2D eigenvalue weighted by molar-refractivity contribution is 0.669. The Morgan fingerprint density at radius 1 is 0.440 bits per heavy atom. The molecule has 8 aromatic carbocycles. The molecule has 234 valence electrons. The highest BCUT2D eigenvalue weighted by Crippen LogP contribution is 2.46. The van der Waals surface area contributed by atoms with E-state index in [9.17, 15) is 0 Å². The topological polar surface area (TPSA) is 21.3 Å². The quantitative estimate of drug-likeness (QED) is 0.188. The monoisotopic (exact) mass is 656 g/mol. The van der Waals surface area contributed by atoms with Gasteiger partial charge in [-0.1, -0.05) is 97.1 Å². The van der Waals surface area contributed by atoms with Crippen molar-refractivity contribution in [1.82, 2.24) is 4.57 Å². The van der Waals surface area contributed by atoms with Gasteiger partial charge in [0, 0.05) is 58.8 Å². The first-order valence-corrected chi connectivity index (χ1v) is 17.7. The van der Waals surface area contributed by atoms with Crippen molar-refractivity contribution < 1.29 is 4.42 Å². The number of rotatable bonds is 4. The number of para-hydroxylation sites is 4. The normalized spacial score (nSPS) is 12.0. The lowest BCUT2D eigenvalue weighted by Crippen LogP contribution is -2.11. The summed E-state index contributed by atoms with van der Waals surface area (Å²) in [6, 6.07) is 61.4. The molecule has 0 aliphatic carbocycles. The molecule has 0 saturated carbocycles. The third-order valence-electron chi connectivity index (χ3n) is 10.1. The number of hydrogen-bond acceptors (Lipinski definition) is 3. The fraction of sp³-hybridized carbons (Fsp3) is 0. The minimum atomic E-state index is 0.888. The van der Waals surface area contributed by atoms with Crippen LogP contribution in [-0.4, -0.2) is 4.57 Å². The van der Waals surface area contributed by atoms with Gasteiger partial charge >= 0.3 is 0 Å². The molecule has 0 saturated heterocycles. The summed E-state index contributed by atoms with van der Waals surface area (Å²) in [6.45, 7) is 0. The van der Waals surface area contributed by atoms with Crippen molar-refractivity contribution in [2.24, 2.45) is 0 Å². The van der Waals surface area contributed by atoms with Crippen LogP contribution in [0, 0.1) is 0 Å². The number of benzene rings is 8. The van der Waals surface area contributed by atoms with Crippen molar-refractivity contribution in [2.75, 3.05) is 4.90 Å². The summed E-state index contributed by atoms with van der Waals surface area (Å²) in [5.41, 5.74) is 8.57. The summed E-state index contributed by atoms with van der Waals surface area (Å²) in [7, 11) is 0. The van der Waals surface area contributed by atoms with Gasteiger partial charge < -0.3 is 13.9 Å². The Morgan fingerprint density at radius 3 is 2.02 bits per heavy atom. The van der Waals surface area contributed by atoms with Gasteiger partial charge in [0.05, 0.1) is 16.7 Å². The van der Waals surface area contributed by atoms with Crippen LogP contribution >= 0.6 is 11.3 Å². The molecule has 0 N–H and O–H groups in total. The number of hydrogen-bond donors (Lipinski definition) is 0. The third-order valence-corrected chi connectivity index (χ3v) is 11.2. The zero-order chi connectivity index (χ0) is 32.8. The molecular formula is C46H28N2OS. The maximum atomic E-state index is 6.29. The molecule has 3 heterocycles. The molecule has 4 heteroatoms. The van der Waals surface area contributed by atoms with Crippen LogP contribution < -0.4 is 4.90 Å². The van der Waals surface area contributed by atoms with Gasteiger partial charge in [-0.05, 0) is 83.6 Å². The van der Waals surface area contributed by atoms with E-state index in [0.29, 0.717) is 0 Å². The van der Waals surface area contributed by atoms with Crippen LogP contribution in [0.25, 0.3) is 80.4 Å². The molecule has 0 aliphatic heterocycles. The fourth-order valence-corrected chi connectivity index (χ4v) is 9.07. The minimum Gasteiger partial charge on any atom is -0.456 e. The van der Waals surface area contributed by atoms with Crippen LogP contribution in [0.2, 0.25) is 0 Å². The Bertz CT molecular complexity index is 3110. The van der Waals surface area contributed by atoms with Crippen molar-refractivity contribution in [3.63, 3.8) is 0 Å². The number of aromatic nitrogens is 1. The minimum absolute atomic E-state index is 0.888. The van der Waals surface area contributed by atoms with Crippen LogP contribution in [0.15, 0.2) is 174 Å². The molecule has 50 heavy (non-hydrogen) atoms. The standard InChI is InChI=1S/C46H28N2OS/c1-2-13-31(14-3-1)48-40-18-8-6-15-34(40)37-17-10-19-41(46(37)48)47(32-22-24-43-38(27-32)35-16-7-9-20-42(35)49-43)33-21-23-36-39-25-29-11-4-5-12-30(29)26-44(39)50-45(36)28-33/h1-28H. The highest BCUT2D eigenvalue weighted by molar-refractivity contribution is 7.25. The second kappa shape index (κ2) is 10.6. The number of nitrogens with zero attached hydrogens (tertiary/aromatic N) is 2. The lowest BCUT2D eigenvalue weighted by Gasteiger charge is -2.27. The molecule has 0 bridgehead atoms. The summed E-state index contributed by atoms with van der Waals surface area (Å²) in [5, 5.41) is 9.81. The van der Waals surface area contributed by atoms with Gasteiger partial charge in [-0.15, -0.1) is 11.3 Å². The Balaban J connectivity index is 1.23. The SMILES string of the molecule is c1ccc(-n2c3ccccc3c3cccc(N(c4ccc5c(c4)sc4cc6ccccc6cc45)c4ccc5oc6ccccc6c5c4)c32)cc1. The molecular weight excluding hydrogens is 629 g/mol. The predicted molar refractivity (Wildman–Crippen MR) is 213 cm³/mol. The highest BCUT2D eigenvalue weighted by atomic mass is 32.1. The highest BCUT2D eigenvalue weighted by Gasteiger charge is 2.23. The Morgan fingerprint density at radius 2 is 1.12 bits per heavy atom. The van der Waals surface area contributed by atoms with Gasteiger partial charge in [0.25, 0.3) is 0 Å². The van der Waals surface area contributed by atoms with Crippen molar-refractivity contribution >= 4 is 103 Å². The number of thiophene rings is 1. The second-order valence-electron chi connectivity index (χ2n) is 13.0. The maximum Gasteiger partial charge on any atom is 0.135 e. The molecule has 0 radical (unpaired) electrons. The lowest BCUT2D eigenvalue weighted by atomic mass is 10.1. The summed E-state index contributed by atoms with van der Waals surface area (Å²) in [4.78, 5) is 2.43. The van der Waals surface area contributed by atoms with Crippen molar-refractivity contribution in [3.05, 3.63) is 170 Å². The molecule has 0 atom stereocenters. The zero-order valence-electron chi connectivity index (χ0n) is 26.9. The average molecular weight is 657 g/mol. The van der Waals surface area contributed by atoms with Gasteiger partial charge in [-0.25, -0.2) is 0 Å². The van der Waals surface area contributed by atoms with Crippen LogP contribution in [0.4, 0.5) is 17.1 Å². The van der Waals surface area contributed by atoms with Gasteiger partial charge in [0.1, 0.15) is 11.2 Å². The van der Waals surface area contributed by atoms with E-state index in [0.717, 1.165) is 44.7 Å². The summed E-state index contributed by atoms with van der Waals surface area (Å²) in [6.07, 6.45) is 0. The smallest absolute Gasteiger partial charge is 0.135 e. The molecule has 11 aromatic rings. The average Bonchev–Trinajstić information content (AvgIpc) is 3.83. The van der Waals surface area contributed by atoms with Gasteiger partial charge in [0.2, 0.25) is 0 Å². The first-order valence-electron chi connectivity index (χ1n) is 16.9. The van der Waals surface area contributed by atoms with E-state index in [1.165, 1.54) is 52.8 Å². The van der Waals surface area contributed by atoms with Crippen LogP contribution in [0.5, 0.6) is 0 Å². The van der Waals surface area contributed by atoms with Crippen LogP contribution in [0.1, 0.15) is 0 Å². The van der Waals surface area contributed by atoms with Crippen LogP contribution in [0.3, 0.4) is 0 Å². The molecule has 0 fully saturated rings. The molecule has 3 aromatic heterocycles. The van der Waals surface area contributed by atoms with Crippen molar-refractivity contribution in [3.8, 4) is 5.69 Å². The van der Waals surface area contributed by atoms with E-state index in [1.807, 2.05) is 23.5 Å². The Kier molecular flexibility index (Phi) is 5.83. The maximum absolute atomic E-state index is 6.29. The Hall–Kier alpha value is -6.36. The van der Waals surface area contributed by atoms with E-state index in [4.69, 9.17) is 4.42 Å². The first-order chi connectivity index (χ1) is 24.8. The second-order valence-corrected chi connectivity index (χ2v) is 14.0. The van der Waals surface area contributed by atoms with Crippen molar-refractivity contribution in [1.29, 1.82) is 0 Å². The van der Waals surface area contributed by atoms with E-state index >= 15 is 0 Å². The largest absolute Gasteiger partial charge is 0.456 e. The molecule has 0 aliphatic rings. The van der Waals surface area contributed by atoms with E-state index < -0.39 is 0 Å². The van der Waals surface area contributed by atoms with Gasteiger partial charge in [0.15, 0.2) is 0 Å². The summed E-state index contributed by atoms with van der Waals surface area (Å²) in [5.74, 6) is 0. The van der Waals surface area contributed by atoms with E-state index in [-0.39, 0.29) is 0 Å². The van der Waals surface area contributed by atoms with E-state index in [1.54, 1.807) is 0 Å². The predicted octanol–water partition coefficient (Wildman–Crippen LogP) is 13.7. The summed E-state index contributed by atoms with van der Waals surface area (Å²) >= 11 is 1.86. The molecule has 0 amide bonds. The number of furan rings is 1. The molecule has 0 spiro atoms. The molecule has 0 unspecified atom stereocenters. The Labute approximate surface area is 291 Å². The number of anilines is 3. The zero-order valence-corrected chi connectivity index (χ0v) is 27.7. The summed E-state index contributed by atoms with van der Waals surface area (Å²) < 4.78 is 11.3. The van der Waals surface area contributed by atoms with Crippen LogP contribution in [-0.2, 0) is 0 Å². The van der Waals surface area contributed by atoms with Crippen molar-refractivity contribution in [2.45, 2.75) is 0 Å². The molecule has 3 nitrogen and oxygen atoms in total. The number of fused-ring (bicyclic) bond motifs is 10. The van der Waals surface area contributed by atoms with Gasteiger partial charge in [-0.2, -0.15) is 0 Å². The van der Waals surface area contributed by atoms with E-state index in [2.05, 4.69) is 167 Å². The first kappa shape index (κ1) is 27.6. The third kappa shape index (κ3) is 4.03. The molecule has 11 rings (SSSR count). The fourth-order valence-electron chi connectivity index (χ4n) is 7.90.